The molecule has 2 N–H and O–H groups in total. The van der Waals surface area contributed by atoms with E-state index in [2.05, 4.69) is 64.8 Å². The molecule has 0 amide bonds. The Morgan fingerprint density at radius 2 is 1.72 bits per heavy atom. The van der Waals surface area contributed by atoms with Crippen LogP contribution in [0.5, 0.6) is 5.75 Å². The lowest BCUT2D eigenvalue weighted by Gasteiger charge is -2.19. The number of benzene rings is 1. The quantitative estimate of drug-likeness (QED) is 0.816. The van der Waals surface area contributed by atoms with Crippen LogP contribution in [0.25, 0.3) is 0 Å². The summed E-state index contributed by atoms with van der Waals surface area (Å²) in [7, 11) is 0. The van der Waals surface area contributed by atoms with Crippen molar-refractivity contribution in [3.8, 4) is 5.75 Å². The van der Waals surface area contributed by atoms with Gasteiger partial charge in [0.05, 0.1) is 15.6 Å². The number of halogens is 2. The van der Waals surface area contributed by atoms with E-state index in [1.165, 1.54) is 5.56 Å². The molecular weight excluding hydrogens is 358 g/mol. The maximum atomic E-state index is 5.85. The van der Waals surface area contributed by atoms with Gasteiger partial charge >= 0.3 is 0 Å². The van der Waals surface area contributed by atoms with Gasteiger partial charge in [-0.3, -0.25) is 0 Å². The van der Waals surface area contributed by atoms with Gasteiger partial charge in [0.1, 0.15) is 5.75 Å². The molecule has 0 aliphatic heterocycles. The van der Waals surface area contributed by atoms with Crippen molar-refractivity contribution in [1.82, 2.24) is 0 Å². The van der Waals surface area contributed by atoms with Gasteiger partial charge in [-0.1, -0.05) is 20.8 Å². The standard InChI is InChI=1S/C14H21Br2NO/c1-14(2,3)5-7-18-13-11(15)8-10(4-6-17)9-12(13)16/h8-9H,4-7,17H2,1-3H3. The van der Waals surface area contributed by atoms with E-state index in [9.17, 15) is 0 Å². The minimum Gasteiger partial charge on any atom is -0.491 e. The summed E-state index contributed by atoms with van der Waals surface area (Å²) in [5, 5.41) is 0. The van der Waals surface area contributed by atoms with E-state index in [4.69, 9.17) is 10.5 Å². The first kappa shape index (κ1) is 16.0. The fourth-order valence-corrected chi connectivity index (χ4v) is 3.03. The highest BCUT2D eigenvalue weighted by Gasteiger charge is 2.13. The predicted molar refractivity (Wildman–Crippen MR) is 84.2 cm³/mol. The zero-order valence-corrected chi connectivity index (χ0v) is 14.4. The van der Waals surface area contributed by atoms with E-state index in [0.29, 0.717) is 12.0 Å². The molecule has 1 rings (SSSR count). The van der Waals surface area contributed by atoms with Crippen LogP contribution in [-0.4, -0.2) is 13.2 Å². The van der Waals surface area contributed by atoms with Crippen molar-refractivity contribution in [3.63, 3.8) is 0 Å². The van der Waals surface area contributed by atoms with E-state index in [1.54, 1.807) is 0 Å². The first-order valence-electron chi connectivity index (χ1n) is 6.14. The molecular formula is C14H21Br2NO. The Morgan fingerprint density at radius 3 is 2.17 bits per heavy atom. The molecule has 0 saturated carbocycles. The molecule has 0 aliphatic carbocycles. The lowest BCUT2D eigenvalue weighted by Crippen LogP contribution is -2.11. The van der Waals surface area contributed by atoms with Crippen molar-refractivity contribution in [1.29, 1.82) is 0 Å². The Morgan fingerprint density at radius 1 is 1.17 bits per heavy atom. The Balaban J connectivity index is 2.71. The molecule has 1 aromatic carbocycles. The van der Waals surface area contributed by atoms with Crippen LogP contribution >= 0.6 is 31.9 Å². The molecule has 0 heterocycles. The molecule has 0 aromatic heterocycles. The zero-order valence-electron chi connectivity index (χ0n) is 11.2. The van der Waals surface area contributed by atoms with Crippen LogP contribution < -0.4 is 10.5 Å². The van der Waals surface area contributed by atoms with Crippen LogP contribution in [0.2, 0.25) is 0 Å². The van der Waals surface area contributed by atoms with Gasteiger partial charge in [-0.2, -0.15) is 0 Å². The summed E-state index contributed by atoms with van der Waals surface area (Å²) in [5.41, 5.74) is 7.06. The van der Waals surface area contributed by atoms with Crippen molar-refractivity contribution in [2.75, 3.05) is 13.2 Å². The van der Waals surface area contributed by atoms with Crippen LogP contribution in [0, 0.1) is 5.41 Å². The molecule has 0 radical (unpaired) electrons. The van der Waals surface area contributed by atoms with Gasteiger partial charge in [0.25, 0.3) is 0 Å². The largest absolute Gasteiger partial charge is 0.491 e. The highest BCUT2D eigenvalue weighted by atomic mass is 79.9. The summed E-state index contributed by atoms with van der Waals surface area (Å²) < 4.78 is 7.81. The second-order valence-electron chi connectivity index (χ2n) is 5.59. The molecule has 0 atom stereocenters. The summed E-state index contributed by atoms with van der Waals surface area (Å²) in [6, 6.07) is 4.15. The zero-order chi connectivity index (χ0) is 13.8. The van der Waals surface area contributed by atoms with Gasteiger partial charge in [0.15, 0.2) is 0 Å². The van der Waals surface area contributed by atoms with Crippen molar-refractivity contribution in [2.24, 2.45) is 11.1 Å². The molecule has 0 fully saturated rings. The minimum absolute atomic E-state index is 0.290. The first-order valence-corrected chi connectivity index (χ1v) is 7.73. The fraction of sp³-hybridized carbons (Fsp3) is 0.571. The number of hydrogen-bond donors (Lipinski definition) is 1. The van der Waals surface area contributed by atoms with E-state index >= 15 is 0 Å². The minimum atomic E-state index is 0.290. The van der Waals surface area contributed by atoms with Gasteiger partial charge in [-0.15, -0.1) is 0 Å². The van der Waals surface area contributed by atoms with E-state index in [1.807, 2.05) is 0 Å². The van der Waals surface area contributed by atoms with E-state index in [-0.39, 0.29) is 0 Å². The summed E-state index contributed by atoms with van der Waals surface area (Å²) in [5.74, 6) is 0.875. The van der Waals surface area contributed by atoms with Crippen molar-refractivity contribution in [2.45, 2.75) is 33.6 Å². The highest BCUT2D eigenvalue weighted by molar-refractivity contribution is 9.11. The van der Waals surface area contributed by atoms with Crippen molar-refractivity contribution < 1.29 is 4.74 Å². The van der Waals surface area contributed by atoms with Crippen LogP contribution in [0.1, 0.15) is 32.8 Å². The number of hydrogen-bond acceptors (Lipinski definition) is 2. The normalized spacial score (nSPS) is 11.7. The molecule has 4 heteroatoms. The Hall–Kier alpha value is -0.0600. The van der Waals surface area contributed by atoms with E-state index in [0.717, 1.165) is 34.1 Å². The van der Waals surface area contributed by atoms with E-state index < -0.39 is 0 Å². The molecule has 18 heavy (non-hydrogen) atoms. The van der Waals surface area contributed by atoms with Gasteiger partial charge in [0.2, 0.25) is 0 Å². The van der Waals surface area contributed by atoms with Gasteiger partial charge in [-0.05, 0) is 74.4 Å². The molecule has 0 unspecified atom stereocenters. The van der Waals surface area contributed by atoms with Crippen LogP contribution in [-0.2, 0) is 6.42 Å². The van der Waals surface area contributed by atoms with Crippen LogP contribution in [0.4, 0.5) is 0 Å². The fourth-order valence-electron chi connectivity index (χ4n) is 1.52. The lowest BCUT2D eigenvalue weighted by atomic mass is 9.93. The summed E-state index contributed by atoms with van der Waals surface area (Å²) >= 11 is 7.11. The monoisotopic (exact) mass is 377 g/mol. The van der Waals surface area contributed by atoms with Crippen molar-refractivity contribution in [3.05, 3.63) is 26.6 Å². The maximum Gasteiger partial charge on any atom is 0.147 e. The average molecular weight is 379 g/mol. The molecule has 0 saturated heterocycles. The second-order valence-corrected chi connectivity index (χ2v) is 7.30. The Labute approximate surface area is 127 Å². The summed E-state index contributed by atoms with van der Waals surface area (Å²) in [6.07, 6.45) is 1.90. The molecule has 0 bridgehead atoms. The number of ether oxygens (including phenoxy) is 1. The van der Waals surface area contributed by atoms with Gasteiger partial charge in [-0.25, -0.2) is 0 Å². The first-order chi connectivity index (χ1) is 8.33. The third-order valence-corrected chi connectivity index (χ3v) is 3.77. The lowest BCUT2D eigenvalue weighted by molar-refractivity contribution is 0.241. The molecule has 1 aromatic rings. The highest BCUT2D eigenvalue weighted by Crippen LogP contribution is 2.35. The summed E-state index contributed by atoms with van der Waals surface area (Å²) in [6.45, 7) is 8.01. The number of rotatable bonds is 5. The molecule has 102 valence electrons. The smallest absolute Gasteiger partial charge is 0.147 e. The Kier molecular flexibility index (Phi) is 6.15. The van der Waals surface area contributed by atoms with Crippen molar-refractivity contribution >= 4 is 31.9 Å². The second kappa shape index (κ2) is 6.92. The van der Waals surface area contributed by atoms with Crippen LogP contribution in [0.15, 0.2) is 21.1 Å². The SMILES string of the molecule is CC(C)(C)CCOc1c(Br)cc(CCN)cc1Br. The third-order valence-electron chi connectivity index (χ3n) is 2.59. The van der Waals surface area contributed by atoms with Gasteiger partial charge in [0, 0.05) is 0 Å². The average Bonchev–Trinajstić information content (AvgIpc) is 2.21. The van der Waals surface area contributed by atoms with Crippen LogP contribution in [0.3, 0.4) is 0 Å². The van der Waals surface area contributed by atoms with Gasteiger partial charge < -0.3 is 10.5 Å². The topological polar surface area (TPSA) is 35.2 Å². The summed E-state index contributed by atoms with van der Waals surface area (Å²) in [4.78, 5) is 0. The Bertz CT molecular complexity index is 376. The molecule has 2 nitrogen and oxygen atoms in total. The maximum absolute atomic E-state index is 5.85. The molecule has 0 aliphatic rings. The number of nitrogens with two attached hydrogens (primary N) is 1. The predicted octanol–water partition coefficient (Wildman–Crippen LogP) is 4.53. The third kappa shape index (κ3) is 5.29. The molecule has 0 spiro atoms.